The van der Waals surface area contributed by atoms with Crippen molar-refractivity contribution in [2.75, 3.05) is 11.9 Å². The summed E-state index contributed by atoms with van der Waals surface area (Å²) in [4.78, 5) is 26.4. The lowest BCUT2D eigenvalue weighted by molar-refractivity contribution is -0.137. The Hall–Kier alpha value is -2.69. The Morgan fingerprint density at radius 3 is 2.77 bits per heavy atom. The quantitative estimate of drug-likeness (QED) is 0.702. The monoisotopic (exact) mass is 297 g/mol. The molecule has 0 N–H and O–H groups in total. The highest BCUT2D eigenvalue weighted by molar-refractivity contribution is 6.09. The number of amides is 1. The summed E-state index contributed by atoms with van der Waals surface area (Å²) in [6, 6.07) is 11.2. The number of likely N-dealkylation sites (N-methyl/N-ethyl adjacent to an activating group) is 1. The molecule has 1 atom stereocenters. The number of hydrogen-bond acceptors (Lipinski definition) is 3. The zero-order chi connectivity index (χ0) is 15.5. The van der Waals surface area contributed by atoms with Crippen LogP contribution in [0.25, 0.3) is 0 Å². The highest BCUT2D eigenvalue weighted by Gasteiger charge is 2.55. The minimum atomic E-state index is -1.39. The summed E-state index contributed by atoms with van der Waals surface area (Å²) in [5.74, 6) is -1.31. The van der Waals surface area contributed by atoms with E-state index in [0.29, 0.717) is 16.8 Å². The number of carbonyl (C=O) groups excluding carboxylic acids is 2. The van der Waals surface area contributed by atoms with Crippen LogP contribution >= 0.6 is 0 Å². The van der Waals surface area contributed by atoms with Crippen molar-refractivity contribution in [1.82, 2.24) is 0 Å². The lowest BCUT2D eigenvalue weighted by Crippen LogP contribution is -2.46. The minimum absolute atomic E-state index is 0.261. The first-order valence-corrected chi connectivity index (χ1v) is 6.92. The van der Waals surface area contributed by atoms with Crippen molar-refractivity contribution < 1.29 is 18.7 Å². The molecule has 4 nitrogen and oxygen atoms in total. The van der Waals surface area contributed by atoms with Gasteiger partial charge < -0.3 is 9.64 Å². The zero-order valence-corrected chi connectivity index (χ0v) is 11.8. The number of fused-ring (bicyclic) bond motifs is 3. The molecule has 4 rings (SSSR count). The van der Waals surface area contributed by atoms with E-state index >= 15 is 0 Å². The fourth-order valence-corrected chi connectivity index (χ4v) is 3.28. The highest BCUT2D eigenvalue weighted by Crippen LogP contribution is 2.47. The summed E-state index contributed by atoms with van der Waals surface area (Å²) >= 11 is 0. The molecule has 1 amide bonds. The molecular formula is C17H12FNO3. The van der Waals surface area contributed by atoms with Crippen molar-refractivity contribution in [3.05, 3.63) is 65.0 Å². The Labute approximate surface area is 126 Å². The van der Waals surface area contributed by atoms with Gasteiger partial charge in [0, 0.05) is 19.0 Å². The third-order valence-corrected chi connectivity index (χ3v) is 4.35. The van der Waals surface area contributed by atoms with Crippen LogP contribution in [0, 0.1) is 5.82 Å². The molecule has 0 fully saturated rings. The van der Waals surface area contributed by atoms with Crippen molar-refractivity contribution in [2.45, 2.75) is 12.0 Å². The summed E-state index contributed by atoms with van der Waals surface area (Å²) in [6.07, 6.45) is 0.261. The fraction of sp³-hybridized carbons (Fsp3) is 0.176. The lowest BCUT2D eigenvalue weighted by Gasteiger charge is -2.33. The lowest BCUT2D eigenvalue weighted by atomic mass is 9.84. The van der Waals surface area contributed by atoms with E-state index in [1.807, 2.05) is 12.1 Å². The largest absolute Gasteiger partial charge is 0.440 e. The smallest absolute Gasteiger partial charge is 0.339 e. The predicted octanol–water partition coefficient (Wildman–Crippen LogP) is 2.41. The van der Waals surface area contributed by atoms with Crippen LogP contribution in [-0.2, 0) is 21.6 Å². The van der Waals surface area contributed by atoms with E-state index < -0.39 is 17.4 Å². The van der Waals surface area contributed by atoms with E-state index in [-0.39, 0.29) is 12.3 Å². The minimum Gasteiger partial charge on any atom is -0.440 e. The second-order valence-corrected chi connectivity index (χ2v) is 5.58. The average Bonchev–Trinajstić information content (AvgIpc) is 2.70. The number of nitrogens with zero attached hydrogens (tertiary/aromatic N) is 1. The van der Waals surface area contributed by atoms with Crippen LogP contribution in [0.2, 0.25) is 0 Å². The van der Waals surface area contributed by atoms with E-state index in [9.17, 15) is 14.0 Å². The summed E-state index contributed by atoms with van der Waals surface area (Å²) in [5.41, 5.74) is 0.821. The van der Waals surface area contributed by atoms with Crippen molar-refractivity contribution in [3.8, 4) is 0 Å². The molecule has 0 radical (unpaired) electrons. The third-order valence-electron chi connectivity index (χ3n) is 4.35. The first kappa shape index (κ1) is 13.0. The van der Waals surface area contributed by atoms with Gasteiger partial charge in [0.25, 0.3) is 5.91 Å². The second-order valence-electron chi connectivity index (χ2n) is 5.58. The molecule has 1 unspecified atom stereocenters. The van der Waals surface area contributed by atoms with E-state index in [2.05, 4.69) is 0 Å². The molecule has 0 saturated carbocycles. The molecule has 2 aliphatic rings. The van der Waals surface area contributed by atoms with E-state index in [0.717, 1.165) is 5.56 Å². The van der Waals surface area contributed by atoms with Gasteiger partial charge in [-0.1, -0.05) is 18.2 Å². The van der Waals surface area contributed by atoms with Gasteiger partial charge in [-0.05, 0) is 29.8 Å². The second kappa shape index (κ2) is 4.16. The molecule has 110 valence electrons. The van der Waals surface area contributed by atoms with Gasteiger partial charge in [-0.3, -0.25) is 4.79 Å². The molecule has 5 heteroatoms. The number of hydrogen-bond donors (Lipinski definition) is 0. The molecule has 0 bridgehead atoms. The summed E-state index contributed by atoms with van der Waals surface area (Å²) in [6.45, 7) is 0. The Morgan fingerprint density at radius 1 is 1.18 bits per heavy atom. The normalized spacial score (nSPS) is 22.5. The van der Waals surface area contributed by atoms with Crippen LogP contribution in [0.4, 0.5) is 10.1 Å². The van der Waals surface area contributed by atoms with E-state index in [1.54, 1.807) is 19.2 Å². The van der Waals surface area contributed by atoms with Gasteiger partial charge in [0.05, 0.1) is 11.3 Å². The summed E-state index contributed by atoms with van der Waals surface area (Å²) in [7, 11) is 1.56. The van der Waals surface area contributed by atoms with Gasteiger partial charge in [0.1, 0.15) is 5.82 Å². The van der Waals surface area contributed by atoms with Crippen LogP contribution < -0.4 is 4.90 Å². The number of esters is 1. The molecule has 22 heavy (non-hydrogen) atoms. The van der Waals surface area contributed by atoms with Crippen molar-refractivity contribution in [1.29, 1.82) is 0 Å². The molecule has 2 aromatic carbocycles. The molecular weight excluding hydrogens is 285 g/mol. The van der Waals surface area contributed by atoms with Crippen LogP contribution in [0.1, 0.15) is 21.5 Å². The van der Waals surface area contributed by atoms with Crippen LogP contribution in [0.15, 0.2) is 42.5 Å². The fourth-order valence-electron chi connectivity index (χ4n) is 3.28. The number of carbonyl (C=O) groups is 2. The first-order chi connectivity index (χ1) is 10.5. The van der Waals surface area contributed by atoms with Crippen LogP contribution in [0.3, 0.4) is 0 Å². The SMILES string of the molecule is CN1C(=O)C2(Cc3ccccc3C(=O)O2)c2ccc(F)cc21. The van der Waals surface area contributed by atoms with Crippen LogP contribution in [-0.4, -0.2) is 18.9 Å². The Balaban J connectivity index is 1.94. The molecule has 2 aliphatic heterocycles. The summed E-state index contributed by atoms with van der Waals surface area (Å²) < 4.78 is 19.0. The van der Waals surface area contributed by atoms with E-state index in [1.165, 1.54) is 23.1 Å². The summed E-state index contributed by atoms with van der Waals surface area (Å²) in [5, 5.41) is 0. The molecule has 2 aromatic rings. The number of anilines is 1. The average molecular weight is 297 g/mol. The third kappa shape index (κ3) is 1.51. The maximum atomic E-state index is 13.5. The molecule has 0 aliphatic carbocycles. The van der Waals surface area contributed by atoms with Gasteiger partial charge in [-0.25, -0.2) is 9.18 Å². The Kier molecular flexibility index (Phi) is 2.46. The Bertz CT molecular complexity index is 832. The topological polar surface area (TPSA) is 46.6 Å². The number of ether oxygens (including phenoxy) is 1. The number of rotatable bonds is 0. The maximum Gasteiger partial charge on any atom is 0.339 e. The van der Waals surface area contributed by atoms with Crippen molar-refractivity contribution in [3.63, 3.8) is 0 Å². The molecule has 0 aromatic heterocycles. The predicted molar refractivity (Wildman–Crippen MR) is 77.0 cm³/mol. The van der Waals surface area contributed by atoms with Gasteiger partial charge in [0.15, 0.2) is 0 Å². The van der Waals surface area contributed by atoms with Gasteiger partial charge >= 0.3 is 5.97 Å². The van der Waals surface area contributed by atoms with Gasteiger partial charge in [0.2, 0.25) is 5.60 Å². The molecule has 2 heterocycles. The number of halogens is 1. The highest BCUT2D eigenvalue weighted by atomic mass is 19.1. The zero-order valence-electron chi connectivity index (χ0n) is 11.8. The van der Waals surface area contributed by atoms with Crippen molar-refractivity contribution in [2.24, 2.45) is 0 Å². The first-order valence-electron chi connectivity index (χ1n) is 6.92. The van der Waals surface area contributed by atoms with E-state index in [4.69, 9.17) is 4.74 Å². The number of benzene rings is 2. The molecule has 1 spiro atoms. The van der Waals surface area contributed by atoms with Gasteiger partial charge in [-0.2, -0.15) is 0 Å². The van der Waals surface area contributed by atoms with Gasteiger partial charge in [-0.15, -0.1) is 0 Å². The Morgan fingerprint density at radius 2 is 1.95 bits per heavy atom. The standard InChI is InChI=1S/C17H12FNO3/c1-19-14-8-11(18)6-7-13(14)17(16(19)21)9-10-4-2-3-5-12(10)15(20)22-17/h2-8H,9H2,1H3. The van der Waals surface area contributed by atoms with Crippen LogP contribution in [0.5, 0.6) is 0 Å². The van der Waals surface area contributed by atoms with Crippen molar-refractivity contribution >= 4 is 17.6 Å². The molecule has 0 saturated heterocycles. The maximum absolute atomic E-state index is 13.5.